The molecule has 6 heteroatoms. The van der Waals surface area contributed by atoms with E-state index in [9.17, 15) is 8.42 Å². The SMILES string of the molecule is CS/C(=N\S(=O)(=O)c1ccccc1)N(C)C. The molecule has 0 fully saturated rings. The maximum atomic E-state index is 11.9. The van der Waals surface area contributed by atoms with Crippen LogP contribution in [-0.4, -0.2) is 38.8 Å². The Morgan fingerprint density at radius 1 is 1.25 bits per heavy atom. The van der Waals surface area contributed by atoms with Crippen molar-refractivity contribution in [2.24, 2.45) is 4.40 Å². The van der Waals surface area contributed by atoms with Crippen LogP contribution in [0, 0.1) is 0 Å². The highest BCUT2D eigenvalue weighted by Crippen LogP contribution is 2.14. The van der Waals surface area contributed by atoms with Gasteiger partial charge < -0.3 is 4.90 Å². The lowest BCUT2D eigenvalue weighted by Crippen LogP contribution is -2.19. The molecule has 1 aromatic rings. The zero-order valence-corrected chi connectivity index (χ0v) is 11.0. The van der Waals surface area contributed by atoms with Gasteiger partial charge in [-0.3, -0.25) is 0 Å². The Bertz CT molecular complexity index is 467. The summed E-state index contributed by atoms with van der Waals surface area (Å²) in [5.41, 5.74) is 0. The van der Waals surface area contributed by atoms with Gasteiger partial charge in [-0.1, -0.05) is 30.0 Å². The van der Waals surface area contributed by atoms with E-state index in [0.717, 1.165) is 0 Å². The quantitative estimate of drug-likeness (QED) is 0.598. The lowest BCUT2D eigenvalue weighted by molar-refractivity contribution is 0.594. The van der Waals surface area contributed by atoms with E-state index in [4.69, 9.17) is 0 Å². The van der Waals surface area contributed by atoms with E-state index in [1.807, 2.05) is 0 Å². The van der Waals surface area contributed by atoms with Gasteiger partial charge in [-0.25, -0.2) is 0 Å². The van der Waals surface area contributed by atoms with Gasteiger partial charge in [0.25, 0.3) is 10.0 Å². The summed E-state index contributed by atoms with van der Waals surface area (Å²) in [4.78, 5) is 1.88. The highest BCUT2D eigenvalue weighted by molar-refractivity contribution is 8.13. The normalized spacial score (nSPS) is 12.6. The summed E-state index contributed by atoms with van der Waals surface area (Å²) < 4.78 is 27.5. The number of hydrogen-bond donors (Lipinski definition) is 0. The number of thioether (sulfide) groups is 1. The summed E-state index contributed by atoms with van der Waals surface area (Å²) in [6, 6.07) is 8.19. The summed E-state index contributed by atoms with van der Waals surface area (Å²) in [7, 11) is -0.0716. The second-order valence-electron chi connectivity index (χ2n) is 3.26. The second-order valence-corrected chi connectivity index (χ2v) is 5.64. The topological polar surface area (TPSA) is 49.7 Å². The van der Waals surface area contributed by atoms with Gasteiger partial charge in [0.1, 0.15) is 0 Å². The molecule has 0 aromatic heterocycles. The number of hydrogen-bond acceptors (Lipinski definition) is 3. The molecule has 0 radical (unpaired) electrons. The van der Waals surface area contributed by atoms with Gasteiger partial charge in [0.2, 0.25) is 0 Å². The van der Waals surface area contributed by atoms with E-state index < -0.39 is 10.0 Å². The molecule has 0 amide bonds. The molecule has 4 nitrogen and oxygen atoms in total. The molecule has 0 aliphatic rings. The molecule has 0 saturated carbocycles. The number of rotatable bonds is 2. The van der Waals surface area contributed by atoms with E-state index in [1.165, 1.54) is 23.9 Å². The third-order valence-corrected chi connectivity index (χ3v) is 4.02. The minimum absolute atomic E-state index is 0.211. The van der Waals surface area contributed by atoms with Crippen LogP contribution in [0.4, 0.5) is 0 Å². The minimum Gasteiger partial charge on any atom is -0.357 e. The van der Waals surface area contributed by atoms with Gasteiger partial charge in [-0.2, -0.15) is 8.42 Å². The first-order valence-corrected chi connectivity index (χ1v) is 7.25. The molecule has 88 valence electrons. The monoisotopic (exact) mass is 258 g/mol. The summed E-state index contributed by atoms with van der Waals surface area (Å²) >= 11 is 1.30. The van der Waals surface area contributed by atoms with Crippen LogP contribution in [0.2, 0.25) is 0 Å². The first-order valence-electron chi connectivity index (χ1n) is 4.58. The fourth-order valence-corrected chi connectivity index (χ4v) is 2.98. The van der Waals surface area contributed by atoms with Gasteiger partial charge in [0, 0.05) is 14.1 Å². The van der Waals surface area contributed by atoms with E-state index in [2.05, 4.69) is 4.40 Å². The molecular weight excluding hydrogens is 244 g/mol. The summed E-state index contributed by atoms with van der Waals surface area (Å²) in [5.74, 6) is 0. The van der Waals surface area contributed by atoms with Crippen LogP contribution in [0.5, 0.6) is 0 Å². The van der Waals surface area contributed by atoms with Gasteiger partial charge in [0.15, 0.2) is 5.17 Å². The third-order valence-electron chi connectivity index (χ3n) is 1.80. The van der Waals surface area contributed by atoms with Crippen LogP contribution in [0.15, 0.2) is 39.6 Å². The molecule has 0 aliphatic carbocycles. The standard InChI is InChI=1S/C10H14N2O2S2/c1-12(2)10(15-3)11-16(13,14)9-7-5-4-6-8-9/h4-8H,1-3H3/b11-10-. The Kier molecular flexibility index (Phi) is 4.37. The highest BCUT2D eigenvalue weighted by atomic mass is 32.2. The number of nitrogens with zero attached hydrogens (tertiary/aromatic N) is 2. The highest BCUT2D eigenvalue weighted by Gasteiger charge is 2.14. The molecule has 16 heavy (non-hydrogen) atoms. The average molecular weight is 258 g/mol. The lowest BCUT2D eigenvalue weighted by atomic mass is 10.4. The van der Waals surface area contributed by atoms with Crippen molar-refractivity contribution < 1.29 is 8.42 Å². The van der Waals surface area contributed by atoms with Gasteiger partial charge in [-0.05, 0) is 18.4 Å². The number of sulfonamides is 1. The smallest absolute Gasteiger partial charge is 0.284 e. The van der Waals surface area contributed by atoms with Crippen molar-refractivity contribution in [1.82, 2.24) is 4.90 Å². The largest absolute Gasteiger partial charge is 0.357 e. The third kappa shape index (κ3) is 3.24. The molecule has 1 aromatic carbocycles. The van der Waals surface area contributed by atoms with Crippen LogP contribution in [0.3, 0.4) is 0 Å². The van der Waals surface area contributed by atoms with Crippen molar-refractivity contribution in [3.8, 4) is 0 Å². The zero-order chi connectivity index (χ0) is 12.2. The second kappa shape index (κ2) is 5.36. The van der Waals surface area contributed by atoms with E-state index in [0.29, 0.717) is 5.17 Å². The van der Waals surface area contributed by atoms with Crippen LogP contribution in [-0.2, 0) is 10.0 Å². The number of benzene rings is 1. The van der Waals surface area contributed by atoms with Crippen LogP contribution >= 0.6 is 11.8 Å². The molecule has 0 unspecified atom stereocenters. The fourth-order valence-electron chi connectivity index (χ4n) is 1.05. The van der Waals surface area contributed by atoms with Crippen LogP contribution < -0.4 is 0 Å². The molecule has 0 aliphatic heterocycles. The Hall–Kier alpha value is -1.01. The first-order chi connectivity index (χ1) is 7.47. The van der Waals surface area contributed by atoms with Crippen molar-refractivity contribution in [3.05, 3.63) is 30.3 Å². The Balaban J connectivity index is 3.14. The fraction of sp³-hybridized carbons (Fsp3) is 0.300. The van der Waals surface area contributed by atoms with Crippen LogP contribution in [0.1, 0.15) is 0 Å². The maximum absolute atomic E-state index is 11.9. The molecule has 0 heterocycles. The minimum atomic E-state index is -3.59. The Morgan fingerprint density at radius 3 is 2.25 bits per heavy atom. The zero-order valence-electron chi connectivity index (χ0n) is 9.41. The molecule has 0 bridgehead atoms. The predicted octanol–water partition coefficient (Wildman–Crippen LogP) is 1.66. The van der Waals surface area contributed by atoms with Crippen molar-refractivity contribution >= 4 is 27.0 Å². The van der Waals surface area contributed by atoms with Crippen molar-refractivity contribution in [2.75, 3.05) is 20.4 Å². The molecular formula is C10H14N2O2S2. The van der Waals surface area contributed by atoms with Crippen molar-refractivity contribution in [3.63, 3.8) is 0 Å². The van der Waals surface area contributed by atoms with Crippen molar-refractivity contribution in [2.45, 2.75) is 4.90 Å². The van der Waals surface area contributed by atoms with Crippen LogP contribution in [0.25, 0.3) is 0 Å². The van der Waals surface area contributed by atoms with Gasteiger partial charge >= 0.3 is 0 Å². The first kappa shape index (κ1) is 13.1. The van der Waals surface area contributed by atoms with E-state index in [1.54, 1.807) is 43.5 Å². The summed E-state index contributed by atoms with van der Waals surface area (Å²) in [5, 5.41) is 0.462. The Morgan fingerprint density at radius 2 is 1.81 bits per heavy atom. The summed E-state index contributed by atoms with van der Waals surface area (Å²) in [6.07, 6.45) is 1.79. The van der Waals surface area contributed by atoms with E-state index in [-0.39, 0.29) is 4.90 Å². The molecule has 0 atom stereocenters. The molecule has 0 N–H and O–H groups in total. The van der Waals surface area contributed by atoms with Gasteiger partial charge in [-0.15, -0.1) is 4.40 Å². The van der Waals surface area contributed by atoms with Gasteiger partial charge in [0.05, 0.1) is 4.90 Å². The Labute approximate surface area is 100 Å². The lowest BCUT2D eigenvalue weighted by Gasteiger charge is -2.12. The molecule has 1 rings (SSSR count). The van der Waals surface area contributed by atoms with E-state index >= 15 is 0 Å². The maximum Gasteiger partial charge on any atom is 0.284 e. The predicted molar refractivity (Wildman–Crippen MR) is 68.3 cm³/mol. The molecule has 0 spiro atoms. The molecule has 0 saturated heterocycles. The number of amidine groups is 1. The summed E-state index contributed by atoms with van der Waals surface area (Å²) in [6.45, 7) is 0. The van der Waals surface area contributed by atoms with Crippen molar-refractivity contribution in [1.29, 1.82) is 0 Å². The average Bonchev–Trinajstić information content (AvgIpc) is 2.27.